The third-order valence-corrected chi connectivity index (χ3v) is 7.87. The van der Waals surface area contributed by atoms with Gasteiger partial charge < -0.3 is 24.1 Å². The molecule has 1 aromatic carbocycles. The number of carbonyl (C=O) groups is 3. The molecule has 0 unspecified atom stereocenters. The van der Waals surface area contributed by atoms with Crippen LogP contribution in [-0.2, 0) is 16.1 Å². The number of methoxy groups -OCH3 is 1. The predicted molar refractivity (Wildman–Crippen MR) is 140 cm³/mol. The van der Waals surface area contributed by atoms with Gasteiger partial charge in [-0.15, -0.1) is 0 Å². The first-order chi connectivity index (χ1) is 17.7. The van der Waals surface area contributed by atoms with Gasteiger partial charge in [0, 0.05) is 45.6 Å². The molecule has 2 aromatic heterocycles. The van der Waals surface area contributed by atoms with Crippen LogP contribution < -0.4 is 10.1 Å². The van der Waals surface area contributed by atoms with Crippen molar-refractivity contribution in [2.24, 2.45) is 0 Å². The average molecular weight is 525 g/mol. The monoisotopic (exact) mass is 524 g/mol. The molecule has 11 heteroatoms. The van der Waals surface area contributed by atoms with Gasteiger partial charge in [0.25, 0.3) is 5.91 Å². The number of fused-ring (bicyclic) bond motifs is 2. The van der Waals surface area contributed by atoms with E-state index < -0.39 is 20.1 Å². The Labute approximate surface area is 216 Å². The summed E-state index contributed by atoms with van der Waals surface area (Å²) in [7, 11) is 0.239. The van der Waals surface area contributed by atoms with Gasteiger partial charge >= 0.3 is 6.03 Å². The summed E-state index contributed by atoms with van der Waals surface area (Å²) in [6.45, 7) is 7.48. The largest absolute Gasteiger partial charge is 0.497 e. The van der Waals surface area contributed by atoms with Crippen molar-refractivity contribution in [2.75, 3.05) is 27.0 Å². The van der Waals surface area contributed by atoms with Crippen LogP contribution in [0.5, 0.6) is 5.75 Å². The minimum Gasteiger partial charge on any atom is -0.497 e. The molecule has 10 nitrogen and oxygen atoms in total. The molecule has 1 atom stereocenters. The first kappa shape index (κ1) is 26.4. The van der Waals surface area contributed by atoms with Gasteiger partial charge in [0.1, 0.15) is 29.8 Å². The summed E-state index contributed by atoms with van der Waals surface area (Å²) in [4.78, 5) is 44.8. The van der Waals surface area contributed by atoms with E-state index in [1.54, 1.807) is 42.5 Å². The van der Waals surface area contributed by atoms with Gasteiger partial charge in [-0.1, -0.05) is 25.7 Å². The molecule has 1 aliphatic rings. The Morgan fingerprint density at radius 3 is 2.81 bits per heavy atom. The Morgan fingerprint density at radius 1 is 1.30 bits per heavy atom. The molecule has 1 aliphatic heterocycles. The Hall–Kier alpha value is -3.70. The SMILES string of the molecule is COc1ccc2c(c1)C(=O)N(C[C@H](NC(=O)N(C=O)COCC[Si](C)(C)C)c1cc3ncccc3o1)C2. The number of urea groups is 1. The summed E-state index contributed by atoms with van der Waals surface area (Å²) in [5.74, 6) is 0.844. The van der Waals surface area contributed by atoms with E-state index >= 15 is 0 Å². The number of aromatic nitrogens is 1. The minimum atomic E-state index is -1.31. The summed E-state index contributed by atoms with van der Waals surface area (Å²) in [6.07, 6.45) is 2.08. The smallest absolute Gasteiger partial charge is 0.326 e. The number of furan rings is 1. The van der Waals surface area contributed by atoms with E-state index in [-0.39, 0.29) is 19.2 Å². The van der Waals surface area contributed by atoms with Crippen LogP contribution in [-0.4, -0.2) is 68.2 Å². The highest BCUT2D eigenvalue weighted by atomic mass is 28.3. The second kappa shape index (κ2) is 11.1. The highest BCUT2D eigenvalue weighted by Gasteiger charge is 2.32. The van der Waals surface area contributed by atoms with Crippen molar-refractivity contribution in [1.29, 1.82) is 0 Å². The van der Waals surface area contributed by atoms with Crippen LogP contribution in [0.4, 0.5) is 4.79 Å². The molecule has 1 N–H and O–H groups in total. The Kier molecular flexibility index (Phi) is 7.93. The molecule has 4 amide bonds. The molecule has 0 radical (unpaired) electrons. The molecule has 0 spiro atoms. The van der Waals surface area contributed by atoms with Crippen LogP contribution in [0.3, 0.4) is 0 Å². The number of hydrogen-bond acceptors (Lipinski definition) is 7. The lowest BCUT2D eigenvalue weighted by Crippen LogP contribution is -2.45. The number of nitrogens with zero attached hydrogens (tertiary/aromatic N) is 3. The van der Waals surface area contributed by atoms with Crippen molar-refractivity contribution in [3.8, 4) is 5.75 Å². The number of nitrogens with one attached hydrogen (secondary N) is 1. The Morgan fingerprint density at radius 2 is 2.11 bits per heavy atom. The van der Waals surface area contributed by atoms with E-state index in [1.807, 2.05) is 12.1 Å². The highest BCUT2D eigenvalue weighted by molar-refractivity contribution is 6.76. The van der Waals surface area contributed by atoms with E-state index in [2.05, 4.69) is 29.9 Å². The van der Waals surface area contributed by atoms with Gasteiger partial charge in [-0.05, 0) is 35.9 Å². The Balaban J connectivity index is 1.51. The van der Waals surface area contributed by atoms with E-state index in [0.717, 1.165) is 16.5 Å². The lowest BCUT2D eigenvalue weighted by Gasteiger charge is -2.25. The maximum Gasteiger partial charge on any atom is 0.326 e. The number of ether oxygens (including phenoxy) is 2. The topological polar surface area (TPSA) is 114 Å². The van der Waals surface area contributed by atoms with Crippen LogP contribution in [0.15, 0.2) is 47.0 Å². The Bertz CT molecular complexity index is 1250. The van der Waals surface area contributed by atoms with Gasteiger partial charge in [-0.2, -0.15) is 0 Å². The first-order valence-electron chi connectivity index (χ1n) is 12.1. The molecule has 0 bridgehead atoms. The van der Waals surface area contributed by atoms with Crippen molar-refractivity contribution in [2.45, 2.75) is 38.3 Å². The number of hydrogen-bond donors (Lipinski definition) is 1. The van der Waals surface area contributed by atoms with E-state index in [9.17, 15) is 14.4 Å². The summed E-state index contributed by atoms with van der Waals surface area (Å²) < 4.78 is 16.8. The maximum absolute atomic E-state index is 13.2. The van der Waals surface area contributed by atoms with Crippen LogP contribution in [0.2, 0.25) is 25.7 Å². The standard InChI is InChI=1S/C26H32N4O6Si/c1-34-19-8-7-18-14-29(25(32)20(18)12-19)15-22(24-13-21-23(36-24)6-5-9-27-21)28-26(33)30(16-31)17-35-10-11-37(2,3)4/h5-9,12-13,16,22H,10-11,14-15,17H2,1-4H3,(H,28,33)/t22-/m0/s1. The van der Waals surface area contributed by atoms with Crippen LogP contribution in [0, 0.1) is 0 Å². The van der Waals surface area contributed by atoms with Crippen molar-refractivity contribution in [3.05, 3.63) is 59.5 Å². The molecular weight excluding hydrogens is 492 g/mol. The fourth-order valence-corrected chi connectivity index (χ4v) is 4.77. The fraction of sp³-hybridized carbons (Fsp3) is 0.385. The van der Waals surface area contributed by atoms with Gasteiger partial charge in [0.05, 0.1) is 7.11 Å². The number of rotatable bonds is 11. The predicted octanol–water partition coefficient (Wildman–Crippen LogP) is 4.01. The molecule has 0 saturated carbocycles. The zero-order valence-electron chi connectivity index (χ0n) is 21.5. The molecule has 37 heavy (non-hydrogen) atoms. The summed E-state index contributed by atoms with van der Waals surface area (Å²) in [6, 6.07) is 10.2. The van der Waals surface area contributed by atoms with Crippen molar-refractivity contribution >= 4 is 37.5 Å². The molecular formula is C26H32N4O6Si. The van der Waals surface area contributed by atoms with Gasteiger partial charge in [-0.25, -0.2) is 9.69 Å². The second-order valence-corrected chi connectivity index (χ2v) is 15.8. The number of benzene rings is 1. The number of pyridine rings is 1. The molecule has 0 aliphatic carbocycles. The van der Waals surface area contributed by atoms with Crippen molar-refractivity contribution in [1.82, 2.24) is 20.1 Å². The third kappa shape index (κ3) is 6.36. The van der Waals surface area contributed by atoms with Gasteiger partial charge in [0.2, 0.25) is 6.41 Å². The summed E-state index contributed by atoms with van der Waals surface area (Å²) >= 11 is 0. The van der Waals surface area contributed by atoms with Crippen molar-refractivity contribution < 1.29 is 28.3 Å². The van der Waals surface area contributed by atoms with E-state index in [4.69, 9.17) is 13.9 Å². The molecule has 4 rings (SSSR count). The fourth-order valence-electron chi connectivity index (χ4n) is 4.01. The number of imide groups is 1. The molecule has 3 aromatic rings. The lowest BCUT2D eigenvalue weighted by atomic mass is 10.1. The molecule has 0 saturated heterocycles. The third-order valence-electron chi connectivity index (χ3n) is 6.16. The van der Waals surface area contributed by atoms with Crippen LogP contribution in [0.25, 0.3) is 11.1 Å². The highest BCUT2D eigenvalue weighted by Crippen LogP contribution is 2.30. The second-order valence-electron chi connectivity index (χ2n) is 10.2. The molecule has 196 valence electrons. The zero-order chi connectivity index (χ0) is 26.6. The van der Waals surface area contributed by atoms with Crippen molar-refractivity contribution in [3.63, 3.8) is 0 Å². The zero-order valence-corrected chi connectivity index (χ0v) is 22.5. The van der Waals surface area contributed by atoms with E-state index in [1.165, 1.54) is 0 Å². The maximum atomic E-state index is 13.2. The lowest BCUT2D eigenvalue weighted by molar-refractivity contribution is -0.119. The van der Waals surface area contributed by atoms with Gasteiger partial charge in [-0.3, -0.25) is 14.6 Å². The van der Waals surface area contributed by atoms with E-state index in [0.29, 0.717) is 47.7 Å². The van der Waals surface area contributed by atoms with Crippen LogP contribution >= 0.6 is 0 Å². The quantitative estimate of drug-likeness (QED) is 0.174. The molecule has 0 fully saturated rings. The average Bonchev–Trinajstić information content (AvgIpc) is 3.43. The number of amides is 4. The normalized spacial score (nSPS) is 13.9. The number of carbonyl (C=O) groups excluding carboxylic acids is 3. The first-order valence-corrected chi connectivity index (χ1v) is 15.8. The summed E-state index contributed by atoms with van der Waals surface area (Å²) in [5.41, 5.74) is 2.60. The summed E-state index contributed by atoms with van der Waals surface area (Å²) in [5, 5.41) is 2.84. The van der Waals surface area contributed by atoms with Gasteiger partial charge in [0.15, 0.2) is 5.58 Å². The van der Waals surface area contributed by atoms with Crippen LogP contribution in [0.1, 0.15) is 27.7 Å². The molecule has 3 heterocycles. The minimum absolute atomic E-state index is 0.130.